The van der Waals surface area contributed by atoms with Gasteiger partial charge in [-0.1, -0.05) is 25.6 Å². The maximum absolute atomic E-state index is 4.52. The number of guanidine groups is 1. The van der Waals surface area contributed by atoms with Crippen molar-refractivity contribution in [2.45, 2.75) is 51.9 Å². The first-order valence-corrected chi connectivity index (χ1v) is 11.3. The highest BCUT2D eigenvalue weighted by atomic mass is 32.2. The molecule has 2 aromatic heterocycles. The van der Waals surface area contributed by atoms with E-state index in [1.165, 1.54) is 0 Å². The first-order chi connectivity index (χ1) is 12.9. The van der Waals surface area contributed by atoms with Crippen molar-refractivity contribution in [2.75, 3.05) is 26.9 Å². The van der Waals surface area contributed by atoms with Crippen LogP contribution >= 0.6 is 23.1 Å². The molecule has 0 saturated carbocycles. The Bertz CT molecular complexity index is 736. The van der Waals surface area contributed by atoms with Gasteiger partial charge in [-0.05, 0) is 25.5 Å². The van der Waals surface area contributed by atoms with E-state index in [1.54, 1.807) is 23.1 Å². The molecular weight excluding hydrogens is 378 g/mol. The summed E-state index contributed by atoms with van der Waals surface area (Å²) in [5.41, 5.74) is 1.08. The predicted octanol–water partition coefficient (Wildman–Crippen LogP) is 3.06. The first kappa shape index (κ1) is 21.7. The molecule has 7 nitrogen and oxygen atoms in total. The highest BCUT2D eigenvalue weighted by Gasteiger charge is 2.13. The molecule has 0 amide bonds. The summed E-state index contributed by atoms with van der Waals surface area (Å²) in [5, 5.41) is 16.3. The van der Waals surface area contributed by atoms with Crippen LogP contribution < -0.4 is 5.32 Å². The minimum Gasteiger partial charge on any atom is -0.356 e. The van der Waals surface area contributed by atoms with Gasteiger partial charge in [-0.3, -0.25) is 4.99 Å². The minimum atomic E-state index is 0.575. The molecule has 0 aliphatic heterocycles. The molecule has 0 radical (unpaired) electrons. The molecule has 0 saturated heterocycles. The monoisotopic (exact) mass is 409 g/mol. The molecule has 0 spiro atoms. The SMILES string of the molecule is CN=C(NCCCc1nnc(SC)n1CC(C)C)N(C)Cc1csc(C)n1. The summed E-state index contributed by atoms with van der Waals surface area (Å²) < 4.78 is 2.25. The molecule has 2 heterocycles. The smallest absolute Gasteiger partial charge is 0.193 e. The lowest BCUT2D eigenvalue weighted by Crippen LogP contribution is -2.39. The summed E-state index contributed by atoms with van der Waals surface area (Å²) in [5.74, 6) is 2.52. The van der Waals surface area contributed by atoms with E-state index in [0.717, 1.165) is 60.1 Å². The fraction of sp³-hybridized carbons (Fsp3) is 0.667. The fourth-order valence-corrected chi connectivity index (χ4v) is 3.96. The molecule has 27 heavy (non-hydrogen) atoms. The van der Waals surface area contributed by atoms with Gasteiger partial charge in [0.1, 0.15) is 5.82 Å². The average Bonchev–Trinajstić information content (AvgIpc) is 3.20. The Balaban J connectivity index is 1.83. The second kappa shape index (κ2) is 10.7. The van der Waals surface area contributed by atoms with Crippen molar-refractivity contribution < 1.29 is 0 Å². The zero-order chi connectivity index (χ0) is 19.8. The second-order valence-electron chi connectivity index (χ2n) is 6.90. The topological polar surface area (TPSA) is 71.2 Å². The zero-order valence-electron chi connectivity index (χ0n) is 17.2. The van der Waals surface area contributed by atoms with Crippen molar-refractivity contribution in [3.8, 4) is 0 Å². The van der Waals surface area contributed by atoms with E-state index in [4.69, 9.17) is 0 Å². The lowest BCUT2D eigenvalue weighted by atomic mass is 10.2. The standard InChI is InChI=1S/C18H31N7S2/c1-13(2)10-25-16(22-23-18(25)26-6)8-7-9-20-17(19-4)24(5)11-15-12-27-14(3)21-15/h12-13H,7-11H2,1-6H3,(H,19,20). The normalized spacial score (nSPS) is 12.0. The van der Waals surface area contributed by atoms with Crippen LogP contribution in [0.15, 0.2) is 15.5 Å². The molecule has 2 rings (SSSR count). The molecule has 0 bridgehead atoms. The van der Waals surface area contributed by atoms with Crippen LogP contribution in [-0.4, -0.2) is 57.5 Å². The Kier molecular flexibility index (Phi) is 8.56. The Morgan fingerprint density at radius 1 is 1.41 bits per heavy atom. The molecule has 9 heteroatoms. The second-order valence-corrected chi connectivity index (χ2v) is 8.73. The molecule has 0 aliphatic carbocycles. The predicted molar refractivity (Wildman–Crippen MR) is 115 cm³/mol. The molecule has 0 atom stereocenters. The lowest BCUT2D eigenvalue weighted by molar-refractivity contribution is 0.465. The lowest BCUT2D eigenvalue weighted by Gasteiger charge is -2.21. The highest BCUT2D eigenvalue weighted by Crippen LogP contribution is 2.16. The number of aliphatic imine (C=N–C) groups is 1. The molecular formula is C18H31N7S2. The van der Waals surface area contributed by atoms with E-state index in [2.05, 4.69) is 60.4 Å². The van der Waals surface area contributed by atoms with E-state index in [-0.39, 0.29) is 0 Å². The molecule has 1 N–H and O–H groups in total. The van der Waals surface area contributed by atoms with E-state index < -0.39 is 0 Å². The van der Waals surface area contributed by atoms with Gasteiger partial charge in [-0.2, -0.15) is 0 Å². The van der Waals surface area contributed by atoms with Crippen molar-refractivity contribution in [3.05, 3.63) is 21.9 Å². The van der Waals surface area contributed by atoms with E-state index >= 15 is 0 Å². The van der Waals surface area contributed by atoms with E-state index in [9.17, 15) is 0 Å². The summed E-state index contributed by atoms with van der Waals surface area (Å²) >= 11 is 3.33. The summed E-state index contributed by atoms with van der Waals surface area (Å²) in [4.78, 5) is 11.0. The molecule has 150 valence electrons. The fourth-order valence-electron chi connectivity index (χ4n) is 2.83. The van der Waals surface area contributed by atoms with Crippen LogP contribution in [-0.2, 0) is 19.5 Å². The third kappa shape index (κ3) is 6.49. The molecule has 2 aromatic rings. The number of aryl methyl sites for hydroxylation is 2. The van der Waals surface area contributed by atoms with Crippen molar-refractivity contribution in [3.63, 3.8) is 0 Å². The highest BCUT2D eigenvalue weighted by molar-refractivity contribution is 7.98. The third-order valence-corrected chi connectivity index (χ3v) is 5.51. The summed E-state index contributed by atoms with van der Waals surface area (Å²) in [6.45, 7) is 9.03. The van der Waals surface area contributed by atoms with Crippen molar-refractivity contribution in [2.24, 2.45) is 10.9 Å². The van der Waals surface area contributed by atoms with Crippen LogP contribution in [0.1, 0.15) is 36.8 Å². The van der Waals surface area contributed by atoms with Gasteiger partial charge in [0.05, 0.1) is 17.2 Å². The summed E-state index contributed by atoms with van der Waals surface area (Å²) in [7, 11) is 3.85. The van der Waals surface area contributed by atoms with Gasteiger partial charge in [0.15, 0.2) is 11.1 Å². The van der Waals surface area contributed by atoms with Crippen LogP contribution in [0.4, 0.5) is 0 Å². The summed E-state index contributed by atoms with van der Waals surface area (Å²) in [6, 6.07) is 0. The van der Waals surface area contributed by atoms with Gasteiger partial charge in [0.2, 0.25) is 0 Å². The summed E-state index contributed by atoms with van der Waals surface area (Å²) in [6.07, 6.45) is 3.93. The average molecular weight is 410 g/mol. The van der Waals surface area contributed by atoms with Gasteiger partial charge >= 0.3 is 0 Å². The van der Waals surface area contributed by atoms with Crippen LogP contribution in [0.3, 0.4) is 0 Å². The minimum absolute atomic E-state index is 0.575. The third-order valence-electron chi connectivity index (χ3n) is 4.02. The van der Waals surface area contributed by atoms with Crippen molar-refractivity contribution in [1.82, 2.24) is 30.0 Å². The van der Waals surface area contributed by atoms with Crippen LogP contribution in [0, 0.1) is 12.8 Å². The van der Waals surface area contributed by atoms with Crippen molar-refractivity contribution >= 4 is 29.1 Å². The Morgan fingerprint density at radius 3 is 2.78 bits per heavy atom. The van der Waals surface area contributed by atoms with Gasteiger partial charge < -0.3 is 14.8 Å². The number of hydrogen-bond acceptors (Lipinski definition) is 6. The van der Waals surface area contributed by atoms with Gasteiger partial charge in [0, 0.05) is 39.0 Å². The number of thiazole rings is 1. The number of aromatic nitrogens is 4. The van der Waals surface area contributed by atoms with Gasteiger partial charge in [-0.15, -0.1) is 21.5 Å². The quantitative estimate of drug-likeness (QED) is 0.297. The van der Waals surface area contributed by atoms with Gasteiger partial charge in [0.25, 0.3) is 0 Å². The molecule has 0 aromatic carbocycles. The van der Waals surface area contributed by atoms with E-state index in [0.29, 0.717) is 5.92 Å². The number of nitrogens with one attached hydrogen (secondary N) is 1. The van der Waals surface area contributed by atoms with E-state index in [1.807, 2.05) is 21.0 Å². The Morgan fingerprint density at radius 2 is 2.19 bits per heavy atom. The number of thioether (sulfide) groups is 1. The Hall–Kier alpha value is -1.61. The molecule has 0 fully saturated rings. The number of hydrogen-bond donors (Lipinski definition) is 1. The van der Waals surface area contributed by atoms with Crippen LogP contribution in [0.5, 0.6) is 0 Å². The number of nitrogens with zero attached hydrogens (tertiary/aromatic N) is 6. The van der Waals surface area contributed by atoms with Crippen LogP contribution in [0.2, 0.25) is 0 Å². The molecule has 0 aliphatic rings. The zero-order valence-corrected chi connectivity index (χ0v) is 18.8. The first-order valence-electron chi connectivity index (χ1n) is 9.23. The van der Waals surface area contributed by atoms with Gasteiger partial charge in [-0.25, -0.2) is 4.98 Å². The van der Waals surface area contributed by atoms with Crippen LogP contribution in [0.25, 0.3) is 0 Å². The number of rotatable bonds is 9. The largest absolute Gasteiger partial charge is 0.356 e. The Labute approximate surface area is 170 Å². The van der Waals surface area contributed by atoms with Crippen molar-refractivity contribution in [1.29, 1.82) is 0 Å². The molecule has 0 unspecified atom stereocenters. The maximum Gasteiger partial charge on any atom is 0.193 e. The maximum atomic E-state index is 4.52.